The first kappa shape index (κ1) is 23.0. The van der Waals surface area contributed by atoms with Crippen LogP contribution in [0.25, 0.3) is 0 Å². The van der Waals surface area contributed by atoms with E-state index in [1.165, 1.54) is 31.4 Å². The Labute approximate surface area is 204 Å². The summed E-state index contributed by atoms with van der Waals surface area (Å²) in [6, 6.07) is 18.2. The SMILES string of the molecule is COc1ccccc1NS(=O)(=O)c1ccc(C(=O)NC(c2ccc3c(c2)OCCO3)C2CC2)cc1. The number of nitrogens with one attached hydrogen (secondary N) is 2. The van der Waals surface area contributed by atoms with E-state index >= 15 is 0 Å². The highest BCUT2D eigenvalue weighted by Gasteiger charge is 2.34. The molecule has 1 aliphatic carbocycles. The Kier molecular flexibility index (Phi) is 6.25. The highest BCUT2D eigenvalue weighted by Crippen LogP contribution is 2.43. The van der Waals surface area contributed by atoms with Gasteiger partial charge in [0.05, 0.1) is 23.7 Å². The maximum Gasteiger partial charge on any atom is 0.262 e. The molecule has 1 saturated carbocycles. The van der Waals surface area contributed by atoms with Crippen LogP contribution in [-0.2, 0) is 10.0 Å². The van der Waals surface area contributed by atoms with Crippen molar-refractivity contribution in [2.75, 3.05) is 25.0 Å². The van der Waals surface area contributed by atoms with Gasteiger partial charge < -0.3 is 19.5 Å². The molecule has 1 atom stereocenters. The monoisotopic (exact) mass is 494 g/mol. The molecule has 35 heavy (non-hydrogen) atoms. The van der Waals surface area contributed by atoms with Crippen LogP contribution in [0, 0.1) is 5.92 Å². The van der Waals surface area contributed by atoms with Gasteiger partial charge in [-0.25, -0.2) is 8.42 Å². The molecule has 1 aliphatic heterocycles. The molecule has 1 heterocycles. The molecule has 8 nitrogen and oxygen atoms in total. The molecule has 2 N–H and O–H groups in total. The average Bonchev–Trinajstić information content (AvgIpc) is 3.72. The number of para-hydroxylation sites is 2. The molecule has 3 aromatic carbocycles. The summed E-state index contributed by atoms with van der Waals surface area (Å²) < 4.78 is 44.7. The number of hydrogen-bond acceptors (Lipinski definition) is 6. The van der Waals surface area contributed by atoms with Gasteiger partial charge in [-0.3, -0.25) is 9.52 Å². The fraction of sp³-hybridized carbons (Fsp3) is 0.269. The van der Waals surface area contributed by atoms with E-state index in [0.29, 0.717) is 47.6 Å². The summed E-state index contributed by atoms with van der Waals surface area (Å²) in [7, 11) is -2.38. The molecule has 0 spiro atoms. The highest BCUT2D eigenvalue weighted by atomic mass is 32.2. The molecule has 1 fully saturated rings. The van der Waals surface area contributed by atoms with Crippen molar-refractivity contribution in [2.24, 2.45) is 5.92 Å². The number of rotatable bonds is 8. The van der Waals surface area contributed by atoms with Gasteiger partial charge in [-0.05, 0) is 72.9 Å². The summed E-state index contributed by atoms with van der Waals surface area (Å²) in [5.74, 6) is 1.90. The molecule has 2 aliphatic rings. The number of carbonyl (C=O) groups is 1. The number of anilines is 1. The zero-order valence-corrected chi connectivity index (χ0v) is 20.0. The van der Waals surface area contributed by atoms with Gasteiger partial charge in [0, 0.05) is 5.56 Å². The Hall–Kier alpha value is -3.72. The molecule has 1 amide bonds. The summed E-state index contributed by atoms with van der Waals surface area (Å²) in [6.45, 7) is 1.02. The third-order valence-corrected chi connectivity index (χ3v) is 7.46. The van der Waals surface area contributed by atoms with Crippen molar-refractivity contribution in [1.29, 1.82) is 0 Å². The van der Waals surface area contributed by atoms with Crippen LogP contribution >= 0.6 is 0 Å². The van der Waals surface area contributed by atoms with Gasteiger partial charge in [0.15, 0.2) is 11.5 Å². The van der Waals surface area contributed by atoms with Crippen LogP contribution in [-0.4, -0.2) is 34.6 Å². The smallest absolute Gasteiger partial charge is 0.262 e. The first-order chi connectivity index (χ1) is 16.9. The number of carbonyl (C=O) groups excluding carboxylic acids is 1. The molecular weight excluding hydrogens is 468 g/mol. The minimum absolute atomic E-state index is 0.0468. The van der Waals surface area contributed by atoms with E-state index in [1.807, 2.05) is 18.2 Å². The second-order valence-electron chi connectivity index (χ2n) is 8.52. The highest BCUT2D eigenvalue weighted by molar-refractivity contribution is 7.92. The summed E-state index contributed by atoms with van der Waals surface area (Å²) >= 11 is 0. The molecule has 0 bridgehead atoms. The van der Waals surface area contributed by atoms with Crippen molar-refractivity contribution < 1.29 is 27.4 Å². The summed E-state index contributed by atoms with van der Waals surface area (Å²) in [5, 5.41) is 3.11. The van der Waals surface area contributed by atoms with Crippen LogP contribution in [0.4, 0.5) is 5.69 Å². The van der Waals surface area contributed by atoms with Gasteiger partial charge >= 0.3 is 0 Å². The number of fused-ring (bicyclic) bond motifs is 1. The van der Waals surface area contributed by atoms with Crippen molar-refractivity contribution in [1.82, 2.24) is 5.32 Å². The fourth-order valence-electron chi connectivity index (χ4n) is 4.10. The van der Waals surface area contributed by atoms with E-state index in [2.05, 4.69) is 10.0 Å². The van der Waals surface area contributed by atoms with Crippen LogP contribution in [0.1, 0.15) is 34.8 Å². The minimum atomic E-state index is -3.85. The summed E-state index contributed by atoms with van der Waals surface area (Å²) in [6.07, 6.45) is 2.07. The van der Waals surface area contributed by atoms with Crippen molar-refractivity contribution >= 4 is 21.6 Å². The minimum Gasteiger partial charge on any atom is -0.495 e. The molecule has 9 heteroatoms. The van der Waals surface area contributed by atoms with E-state index in [9.17, 15) is 13.2 Å². The van der Waals surface area contributed by atoms with E-state index in [4.69, 9.17) is 14.2 Å². The van der Waals surface area contributed by atoms with Gasteiger partial charge in [0.1, 0.15) is 19.0 Å². The Morgan fingerprint density at radius 1 is 0.971 bits per heavy atom. The molecule has 5 rings (SSSR count). The van der Waals surface area contributed by atoms with Crippen LogP contribution in [0.2, 0.25) is 0 Å². The van der Waals surface area contributed by atoms with Gasteiger partial charge in [0.25, 0.3) is 15.9 Å². The maximum atomic E-state index is 13.0. The van der Waals surface area contributed by atoms with Crippen molar-refractivity contribution in [2.45, 2.75) is 23.8 Å². The second-order valence-corrected chi connectivity index (χ2v) is 10.2. The largest absolute Gasteiger partial charge is 0.495 e. The van der Waals surface area contributed by atoms with E-state index < -0.39 is 10.0 Å². The van der Waals surface area contributed by atoms with Crippen molar-refractivity contribution in [3.63, 3.8) is 0 Å². The summed E-state index contributed by atoms with van der Waals surface area (Å²) in [5.41, 5.74) is 1.68. The Morgan fingerprint density at radius 2 is 1.69 bits per heavy atom. The van der Waals surface area contributed by atoms with E-state index in [-0.39, 0.29) is 16.8 Å². The molecule has 182 valence electrons. The molecule has 0 saturated heterocycles. The molecule has 0 aromatic heterocycles. The second kappa shape index (κ2) is 9.50. The van der Waals surface area contributed by atoms with E-state index in [1.54, 1.807) is 24.3 Å². The first-order valence-electron chi connectivity index (χ1n) is 11.4. The number of ether oxygens (including phenoxy) is 3. The van der Waals surface area contributed by atoms with Crippen molar-refractivity contribution in [3.05, 3.63) is 77.9 Å². The lowest BCUT2D eigenvalue weighted by atomic mass is 10.0. The fourth-order valence-corrected chi connectivity index (χ4v) is 5.17. The predicted octanol–water partition coefficient (Wildman–Crippen LogP) is 4.15. The number of methoxy groups -OCH3 is 1. The standard InChI is InChI=1S/C26H26N2O6S/c1-32-22-5-3-2-4-21(22)28-35(30,31)20-11-8-18(9-12-20)26(29)27-25(17-6-7-17)19-10-13-23-24(16-19)34-15-14-33-23/h2-5,8-13,16-17,25,28H,6-7,14-15H2,1H3,(H,27,29). The van der Waals surface area contributed by atoms with Gasteiger partial charge in [-0.15, -0.1) is 0 Å². The van der Waals surface area contributed by atoms with Crippen LogP contribution in [0.3, 0.4) is 0 Å². The average molecular weight is 495 g/mol. The number of benzene rings is 3. The van der Waals surface area contributed by atoms with Crippen LogP contribution in [0.15, 0.2) is 71.6 Å². The van der Waals surface area contributed by atoms with Crippen LogP contribution in [0.5, 0.6) is 17.2 Å². The quantitative estimate of drug-likeness (QED) is 0.488. The lowest BCUT2D eigenvalue weighted by molar-refractivity contribution is 0.0931. The number of hydrogen-bond donors (Lipinski definition) is 2. The third-order valence-electron chi connectivity index (χ3n) is 6.08. The normalized spacial score (nSPS) is 15.7. The third kappa shape index (κ3) is 5.05. The summed E-state index contributed by atoms with van der Waals surface area (Å²) in [4.78, 5) is 13.1. The van der Waals surface area contributed by atoms with Gasteiger partial charge in [-0.1, -0.05) is 18.2 Å². The first-order valence-corrected chi connectivity index (χ1v) is 12.9. The zero-order chi connectivity index (χ0) is 24.4. The van der Waals surface area contributed by atoms with Crippen molar-refractivity contribution in [3.8, 4) is 17.2 Å². The van der Waals surface area contributed by atoms with E-state index in [0.717, 1.165) is 18.4 Å². The predicted molar refractivity (Wildman–Crippen MR) is 131 cm³/mol. The molecular formula is C26H26N2O6S. The molecule has 0 radical (unpaired) electrons. The number of amides is 1. The van der Waals surface area contributed by atoms with Crippen LogP contribution < -0.4 is 24.2 Å². The maximum absolute atomic E-state index is 13.0. The lowest BCUT2D eigenvalue weighted by Crippen LogP contribution is -2.30. The Balaban J connectivity index is 1.31. The zero-order valence-electron chi connectivity index (χ0n) is 19.2. The van der Waals surface area contributed by atoms with Gasteiger partial charge in [0.2, 0.25) is 0 Å². The Bertz CT molecular complexity index is 1340. The van der Waals surface area contributed by atoms with Gasteiger partial charge in [-0.2, -0.15) is 0 Å². The molecule has 1 unspecified atom stereocenters. The Morgan fingerprint density at radius 3 is 2.40 bits per heavy atom. The molecule has 3 aromatic rings. The number of sulfonamides is 1. The topological polar surface area (TPSA) is 103 Å². The lowest BCUT2D eigenvalue weighted by Gasteiger charge is -2.23.